The van der Waals surface area contributed by atoms with E-state index < -0.39 is 11.9 Å². The van der Waals surface area contributed by atoms with Crippen molar-refractivity contribution in [2.75, 3.05) is 6.61 Å². The lowest BCUT2D eigenvalue weighted by Gasteiger charge is -2.22. The average Bonchev–Trinajstić information content (AvgIpc) is 2.63. The van der Waals surface area contributed by atoms with Crippen LogP contribution in [0.1, 0.15) is 47.9 Å². The van der Waals surface area contributed by atoms with Crippen LogP contribution in [0.4, 0.5) is 0 Å². The second kappa shape index (κ2) is 12.6. The van der Waals surface area contributed by atoms with Crippen molar-refractivity contribution in [3.8, 4) is 0 Å². The smallest absolute Gasteiger partial charge is 0.335 e. The van der Waals surface area contributed by atoms with E-state index >= 15 is 0 Å². The summed E-state index contributed by atoms with van der Waals surface area (Å²) in [5, 5.41) is 34.4. The fraction of sp³-hybridized carbons (Fsp3) is 0.333. The van der Waals surface area contributed by atoms with Gasteiger partial charge in [0.15, 0.2) is 0 Å². The number of carboxylic acids is 2. The molecule has 2 rings (SSSR count). The molecule has 0 radical (unpaired) electrons. The third-order valence-corrected chi connectivity index (χ3v) is 3.32. The summed E-state index contributed by atoms with van der Waals surface area (Å²) >= 11 is 0. The summed E-state index contributed by atoms with van der Waals surface area (Å²) in [4.78, 5) is 20.4. The van der Waals surface area contributed by atoms with Crippen LogP contribution in [0.2, 0.25) is 0 Å². The van der Waals surface area contributed by atoms with Crippen LogP contribution < -0.4 is 0 Å². The summed E-state index contributed by atoms with van der Waals surface area (Å²) in [7, 11) is 0. The van der Waals surface area contributed by atoms with Crippen molar-refractivity contribution in [2.45, 2.75) is 33.3 Å². The number of hydrogen-bond donors (Lipinski definition) is 4. The maximum Gasteiger partial charge on any atom is 0.335 e. The summed E-state index contributed by atoms with van der Waals surface area (Å²) in [5.74, 6) is -1.76. The van der Waals surface area contributed by atoms with Gasteiger partial charge in [0.05, 0.1) is 17.2 Å². The molecule has 0 aromatic heterocycles. The van der Waals surface area contributed by atoms with Crippen molar-refractivity contribution in [1.29, 1.82) is 0 Å². The molecular weight excluding hydrogens is 348 g/mol. The molecule has 27 heavy (non-hydrogen) atoms. The minimum Gasteiger partial charge on any atom is -0.478 e. The summed E-state index contributed by atoms with van der Waals surface area (Å²) in [6.45, 7) is 5.73. The van der Waals surface area contributed by atoms with Gasteiger partial charge in [0.2, 0.25) is 0 Å². The van der Waals surface area contributed by atoms with E-state index in [1.54, 1.807) is 67.6 Å². The number of aliphatic hydroxyl groups excluding tert-OH is 2. The normalized spacial score (nSPS) is 11.1. The zero-order valence-electron chi connectivity index (χ0n) is 15.9. The van der Waals surface area contributed by atoms with Crippen molar-refractivity contribution >= 4 is 11.9 Å². The van der Waals surface area contributed by atoms with Crippen molar-refractivity contribution in [1.82, 2.24) is 0 Å². The van der Waals surface area contributed by atoms with Gasteiger partial charge >= 0.3 is 11.9 Å². The highest BCUT2D eigenvalue weighted by atomic mass is 16.4. The van der Waals surface area contributed by atoms with E-state index in [2.05, 4.69) is 0 Å². The van der Waals surface area contributed by atoms with Gasteiger partial charge < -0.3 is 20.4 Å². The van der Waals surface area contributed by atoms with Crippen molar-refractivity contribution in [2.24, 2.45) is 5.41 Å². The average molecular weight is 376 g/mol. The number of benzene rings is 2. The molecule has 0 aliphatic heterocycles. The topological polar surface area (TPSA) is 115 Å². The quantitative estimate of drug-likeness (QED) is 0.634. The molecular formula is C21H28O6. The van der Waals surface area contributed by atoms with Crippen molar-refractivity contribution in [3.05, 3.63) is 71.8 Å². The van der Waals surface area contributed by atoms with Crippen molar-refractivity contribution in [3.63, 3.8) is 0 Å². The lowest BCUT2D eigenvalue weighted by Crippen LogP contribution is -2.22. The Hall–Kier alpha value is -2.70. The first-order valence-electron chi connectivity index (χ1n) is 8.44. The van der Waals surface area contributed by atoms with Crippen LogP contribution in [0.15, 0.2) is 60.7 Å². The first-order chi connectivity index (χ1) is 12.6. The first kappa shape index (κ1) is 24.3. The highest BCUT2D eigenvalue weighted by Gasteiger charge is 2.18. The molecule has 0 bridgehead atoms. The monoisotopic (exact) mass is 376 g/mol. The van der Waals surface area contributed by atoms with Gasteiger partial charge in [-0.25, -0.2) is 9.59 Å². The third kappa shape index (κ3) is 12.3. The van der Waals surface area contributed by atoms with E-state index in [0.29, 0.717) is 17.5 Å². The van der Waals surface area contributed by atoms with Gasteiger partial charge in [-0.05, 0) is 43.0 Å². The largest absolute Gasteiger partial charge is 0.478 e. The second-order valence-corrected chi connectivity index (χ2v) is 6.72. The molecule has 0 saturated heterocycles. The summed E-state index contributed by atoms with van der Waals surface area (Å²) in [5.41, 5.74) is 0.531. The Morgan fingerprint density at radius 3 is 1.33 bits per heavy atom. The lowest BCUT2D eigenvalue weighted by atomic mass is 9.88. The predicted molar refractivity (Wildman–Crippen MR) is 104 cm³/mol. The van der Waals surface area contributed by atoms with Gasteiger partial charge in [-0.15, -0.1) is 0 Å². The highest BCUT2D eigenvalue weighted by Crippen LogP contribution is 2.20. The lowest BCUT2D eigenvalue weighted by molar-refractivity contribution is 0.0686. The molecule has 0 spiro atoms. The number of carbonyl (C=O) groups is 2. The highest BCUT2D eigenvalue weighted by molar-refractivity contribution is 5.87. The second-order valence-electron chi connectivity index (χ2n) is 6.72. The van der Waals surface area contributed by atoms with Gasteiger partial charge in [-0.1, -0.05) is 50.2 Å². The van der Waals surface area contributed by atoms with E-state index in [9.17, 15) is 9.59 Å². The number of carboxylic acid groups (broad SMARTS) is 2. The molecule has 1 atom stereocenters. The Balaban J connectivity index is 0.000000376. The van der Waals surface area contributed by atoms with Crippen LogP contribution in [0.25, 0.3) is 0 Å². The van der Waals surface area contributed by atoms with E-state index in [0.717, 1.165) is 0 Å². The zero-order chi connectivity index (χ0) is 20.9. The zero-order valence-corrected chi connectivity index (χ0v) is 15.9. The fourth-order valence-corrected chi connectivity index (χ4v) is 2.03. The molecule has 148 valence electrons. The molecule has 2 aromatic rings. The first-order valence-corrected chi connectivity index (χ1v) is 8.44. The fourth-order valence-electron chi connectivity index (χ4n) is 2.03. The predicted octanol–water partition coefficient (Wildman–Crippen LogP) is 3.55. The molecule has 0 heterocycles. The Labute approximate surface area is 159 Å². The van der Waals surface area contributed by atoms with Crippen LogP contribution in [-0.2, 0) is 0 Å². The Morgan fingerprint density at radius 2 is 1.19 bits per heavy atom. The molecule has 6 nitrogen and oxygen atoms in total. The van der Waals surface area contributed by atoms with Crippen LogP contribution in [0, 0.1) is 5.41 Å². The number of rotatable bonds is 5. The van der Waals surface area contributed by atoms with Gasteiger partial charge in [0, 0.05) is 6.61 Å². The number of aliphatic hydroxyl groups is 2. The summed E-state index contributed by atoms with van der Waals surface area (Å²) < 4.78 is 0. The Bertz CT molecular complexity index is 616. The molecule has 6 heteroatoms. The molecule has 0 fully saturated rings. The molecule has 0 aliphatic rings. The van der Waals surface area contributed by atoms with Crippen molar-refractivity contribution < 1.29 is 30.0 Å². The van der Waals surface area contributed by atoms with Gasteiger partial charge in [-0.3, -0.25) is 0 Å². The maximum atomic E-state index is 10.2. The van der Waals surface area contributed by atoms with E-state index in [1.165, 1.54) is 0 Å². The number of aromatic carboxylic acids is 2. The maximum absolute atomic E-state index is 10.2. The molecule has 2 aromatic carbocycles. The van der Waals surface area contributed by atoms with Gasteiger partial charge in [0.1, 0.15) is 0 Å². The van der Waals surface area contributed by atoms with E-state index in [-0.39, 0.29) is 18.1 Å². The SMILES string of the molecule is CC(O)CC(C)(C)CO.O=C(O)c1ccccc1.O=C(O)c1ccccc1. The number of hydrogen-bond acceptors (Lipinski definition) is 4. The molecule has 4 N–H and O–H groups in total. The third-order valence-electron chi connectivity index (χ3n) is 3.32. The minimum atomic E-state index is -0.879. The molecule has 0 amide bonds. The van der Waals surface area contributed by atoms with Crippen LogP contribution in [0.3, 0.4) is 0 Å². The molecule has 0 aliphatic carbocycles. The Kier molecular flexibility index (Phi) is 11.4. The minimum absolute atomic E-state index is 0.131. The van der Waals surface area contributed by atoms with E-state index in [1.807, 2.05) is 13.8 Å². The van der Waals surface area contributed by atoms with Crippen LogP contribution in [-0.4, -0.2) is 45.1 Å². The van der Waals surface area contributed by atoms with Gasteiger partial charge in [-0.2, -0.15) is 0 Å². The van der Waals surface area contributed by atoms with Crippen LogP contribution >= 0.6 is 0 Å². The summed E-state index contributed by atoms with van der Waals surface area (Å²) in [6, 6.07) is 16.6. The van der Waals surface area contributed by atoms with E-state index in [4.69, 9.17) is 20.4 Å². The summed E-state index contributed by atoms with van der Waals surface area (Å²) in [6.07, 6.45) is 0.343. The standard InChI is InChI=1S/2C7H6O2.C7H16O2/c2*8-7(9)6-4-2-1-3-5-6;1-6(9)4-7(2,3)5-8/h2*1-5H,(H,8,9);6,8-9H,4-5H2,1-3H3. The molecule has 0 saturated carbocycles. The van der Waals surface area contributed by atoms with Gasteiger partial charge in [0.25, 0.3) is 0 Å². The molecule has 1 unspecified atom stereocenters. The Morgan fingerprint density at radius 1 is 0.852 bits per heavy atom. The van der Waals surface area contributed by atoms with Crippen LogP contribution in [0.5, 0.6) is 0 Å².